The topological polar surface area (TPSA) is 0 Å². The van der Waals surface area contributed by atoms with Crippen molar-refractivity contribution in [2.45, 2.75) is 38.6 Å². The molecule has 0 heterocycles. The monoisotopic (exact) mass is 486 g/mol. The number of halogens is 4. The maximum Gasteiger partial charge on any atom is 0.0929 e. The maximum atomic E-state index is 4.07. The van der Waals surface area contributed by atoms with Crippen LogP contribution < -0.4 is 0 Å². The molecule has 4 heteroatoms. The van der Waals surface area contributed by atoms with Gasteiger partial charge < -0.3 is 0 Å². The molecular weight excluding hydrogens is 476 g/mol. The fourth-order valence-electron chi connectivity index (χ4n) is 5.68. The molecule has 5 saturated carbocycles. The Kier molecular flexibility index (Phi) is 1.89. The molecule has 0 saturated heterocycles. The van der Waals surface area contributed by atoms with E-state index in [1.807, 2.05) is 0 Å². The van der Waals surface area contributed by atoms with Gasteiger partial charge in [-0.2, -0.15) is 0 Å². The number of hydrogen-bond acceptors (Lipinski definition) is 0. The molecule has 5 aliphatic carbocycles. The van der Waals surface area contributed by atoms with E-state index >= 15 is 0 Å². The minimum Gasteiger partial charge on any atom is -0.0721 e. The third kappa shape index (κ3) is 1.01. The van der Waals surface area contributed by atoms with E-state index in [2.05, 4.69) is 63.7 Å². The third-order valence-corrected chi connectivity index (χ3v) is 12.2. The van der Waals surface area contributed by atoms with E-state index in [1.54, 1.807) is 0 Å². The van der Waals surface area contributed by atoms with Crippen LogP contribution in [0.1, 0.15) is 32.1 Å². The number of hydrogen-bond donors (Lipinski definition) is 0. The predicted molar refractivity (Wildman–Crippen MR) is 83.1 cm³/mol. The van der Waals surface area contributed by atoms with E-state index in [9.17, 15) is 0 Å². The smallest absolute Gasteiger partial charge is 0.0721 e. The van der Waals surface area contributed by atoms with Gasteiger partial charge in [0.25, 0.3) is 0 Å². The second-order valence-corrected chi connectivity index (χ2v) is 14.3. The van der Waals surface area contributed by atoms with E-state index in [4.69, 9.17) is 0 Å². The van der Waals surface area contributed by atoms with Crippen LogP contribution in [0.2, 0.25) is 0 Å². The van der Waals surface area contributed by atoms with Crippen molar-refractivity contribution in [3.63, 3.8) is 0 Å². The van der Waals surface area contributed by atoms with Crippen LogP contribution in [0, 0.1) is 34.5 Å². The molecule has 0 nitrogen and oxygen atoms in total. The lowest BCUT2D eigenvalue weighted by molar-refractivity contribution is 0.157. The highest BCUT2D eigenvalue weighted by molar-refractivity contribution is 9.26. The van der Waals surface area contributed by atoms with Gasteiger partial charge in [0, 0.05) is 10.8 Å². The van der Waals surface area contributed by atoms with E-state index in [0.29, 0.717) is 10.8 Å². The zero-order valence-corrected chi connectivity index (χ0v) is 15.7. The summed E-state index contributed by atoms with van der Waals surface area (Å²) >= 11 is 16.0. The molecule has 0 aromatic rings. The van der Waals surface area contributed by atoms with Gasteiger partial charge in [0.1, 0.15) is 0 Å². The summed E-state index contributed by atoms with van der Waals surface area (Å²) in [4.78, 5) is 0. The Hall–Kier alpha value is 1.92. The fourth-order valence-corrected chi connectivity index (χ4v) is 9.95. The van der Waals surface area contributed by atoms with Crippen LogP contribution in [-0.2, 0) is 0 Å². The molecule has 0 N–H and O–H groups in total. The van der Waals surface area contributed by atoms with Crippen molar-refractivity contribution >= 4 is 63.7 Å². The molecule has 0 bridgehead atoms. The van der Waals surface area contributed by atoms with Gasteiger partial charge in [0.15, 0.2) is 0 Å². The molecule has 0 aliphatic heterocycles. The van der Waals surface area contributed by atoms with Crippen molar-refractivity contribution in [3.8, 4) is 0 Å². The van der Waals surface area contributed by atoms with Crippen LogP contribution in [0.3, 0.4) is 0 Å². The van der Waals surface area contributed by atoms with Crippen molar-refractivity contribution < 1.29 is 0 Å². The van der Waals surface area contributed by atoms with Crippen molar-refractivity contribution in [1.82, 2.24) is 0 Å². The molecule has 6 atom stereocenters. The first-order valence-corrected chi connectivity index (χ1v) is 9.79. The first kappa shape index (κ1) is 11.6. The zero-order chi connectivity index (χ0) is 11.8. The molecular formula is C13H14Br4. The summed E-state index contributed by atoms with van der Waals surface area (Å²) in [6, 6.07) is 0. The summed E-state index contributed by atoms with van der Waals surface area (Å²) in [7, 11) is 0. The molecule has 6 unspecified atom stereocenters. The summed E-state index contributed by atoms with van der Waals surface area (Å²) in [6.07, 6.45) is 7.31. The van der Waals surface area contributed by atoms with Crippen molar-refractivity contribution in [2.75, 3.05) is 0 Å². The standard InChI is InChI=1S/C13H14Br4/c14-12(15)8-4-10-2-6-1-7(6)3-11(10,5-9(8)12)13(10,16)17/h6-9H,1-5H2. The van der Waals surface area contributed by atoms with Gasteiger partial charge in [-0.15, -0.1) is 0 Å². The number of fused-ring (bicyclic) bond motifs is 2. The Morgan fingerprint density at radius 1 is 0.706 bits per heavy atom. The summed E-state index contributed by atoms with van der Waals surface area (Å²) in [5.74, 6) is 3.86. The zero-order valence-electron chi connectivity index (χ0n) is 9.36. The quantitative estimate of drug-likeness (QED) is 0.399. The van der Waals surface area contributed by atoms with E-state index < -0.39 is 0 Å². The predicted octanol–water partition coefficient (Wildman–Crippen LogP) is 5.41. The van der Waals surface area contributed by atoms with Gasteiger partial charge >= 0.3 is 0 Å². The average molecular weight is 490 g/mol. The van der Waals surface area contributed by atoms with Gasteiger partial charge in [-0.05, 0) is 55.8 Å². The molecule has 5 rings (SSSR count). The van der Waals surface area contributed by atoms with Gasteiger partial charge in [-0.3, -0.25) is 0 Å². The Labute approximate surface area is 136 Å². The van der Waals surface area contributed by atoms with Crippen LogP contribution in [0.15, 0.2) is 0 Å². The highest BCUT2D eigenvalue weighted by atomic mass is 79.9. The molecule has 0 amide bonds. The largest absolute Gasteiger partial charge is 0.0929 e. The SMILES string of the molecule is BrC1(Br)C2CC34CC5CC5CC3(CC21)C4(Br)Br. The summed E-state index contributed by atoms with van der Waals surface area (Å²) < 4.78 is 0.564. The Morgan fingerprint density at radius 3 is 1.65 bits per heavy atom. The highest BCUT2D eigenvalue weighted by Gasteiger charge is 2.92. The van der Waals surface area contributed by atoms with Crippen LogP contribution >= 0.6 is 63.7 Å². The van der Waals surface area contributed by atoms with Crippen molar-refractivity contribution in [1.29, 1.82) is 0 Å². The van der Waals surface area contributed by atoms with Gasteiger partial charge in [0.05, 0.1) is 6.47 Å². The Morgan fingerprint density at radius 2 is 1.18 bits per heavy atom. The lowest BCUT2D eigenvalue weighted by Gasteiger charge is -2.32. The summed E-state index contributed by atoms with van der Waals surface area (Å²) in [5.41, 5.74) is 1.14. The molecule has 5 aliphatic rings. The minimum absolute atomic E-state index is 0.275. The maximum absolute atomic E-state index is 4.07. The van der Waals surface area contributed by atoms with Crippen LogP contribution in [0.5, 0.6) is 0 Å². The number of alkyl halides is 4. The van der Waals surface area contributed by atoms with E-state index in [1.165, 1.54) is 32.1 Å². The van der Waals surface area contributed by atoms with Gasteiger partial charge in [0.2, 0.25) is 0 Å². The van der Waals surface area contributed by atoms with Crippen LogP contribution in [0.25, 0.3) is 0 Å². The van der Waals surface area contributed by atoms with Crippen molar-refractivity contribution in [2.24, 2.45) is 34.5 Å². The fraction of sp³-hybridized carbons (Fsp3) is 1.00. The Balaban J connectivity index is 1.60. The minimum atomic E-state index is 0.275. The lowest BCUT2D eigenvalue weighted by atomic mass is 9.71. The van der Waals surface area contributed by atoms with E-state index in [-0.39, 0.29) is 6.47 Å². The summed E-state index contributed by atoms with van der Waals surface area (Å²) in [6.45, 7) is 0. The molecule has 0 aromatic heterocycles. The lowest BCUT2D eigenvalue weighted by Crippen LogP contribution is -2.25. The Bertz CT molecular complexity index is 409. The molecule has 0 radical (unpaired) electrons. The first-order chi connectivity index (χ1) is 7.86. The number of rotatable bonds is 0. The molecule has 0 spiro atoms. The van der Waals surface area contributed by atoms with E-state index in [0.717, 1.165) is 23.7 Å². The third-order valence-electron chi connectivity index (χ3n) is 6.85. The second-order valence-electron chi connectivity index (χ2n) is 7.20. The van der Waals surface area contributed by atoms with Gasteiger partial charge in [-0.25, -0.2) is 0 Å². The first-order valence-electron chi connectivity index (χ1n) is 6.61. The summed E-state index contributed by atoms with van der Waals surface area (Å²) in [5, 5.41) is 0. The normalized spacial score (nSPS) is 67.1. The molecule has 0 aromatic carbocycles. The van der Waals surface area contributed by atoms with Crippen LogP contribution in [-0.4, -0.2) is 6.47 Å². The van der Waals surface area contributed by atoms with Crippen molar-refractivity contribution in [3.05, 3.63) is 0 Å². The highest BCUT2D eigenvalue weighted by Crippen LogP contribution is 2.96. The average Bonchev–Trinajstić information content (AvgIpc) is 3.14. The molecule has 5 fully saturated rings. The van der Waals surface area contributed by atoms with Crippen LogP contribution in [0.4, 0.5) is 0 Å². The molecule has 94 valence electrons. The molecule has 17 heavy (non-hydrogen) atoms. The second kappa shape index (κ2) is 2.78. The van der Waals surface area contributed by atoms with Gasteiger partial charge in [-0.1, -0.05) is 63.7 Å².